The Morgan fingerprint density at radius 1 is 1.43 bits per heavy atom. The number of hydrogen-bond acceptors (Lipinski definition) is 2. The van der Waals surface area contributed by atoms with Crippen LogP contribution in [0.15, 0.2) is 22.7 Å². The van der Waals surface area contributed by atoms with Crippen LogP contribution in [0.4, 0.5) is 0 Å². The second kappa shape index (κ2) is 5.49. The number of carbonyl (C=O) groups excluding carboxylic acids is 1. The lowest BCUT2D eigenvalue weighted by molar-refractivity contribution is 0.0989. The molecular formula is C10H10BrClO2. The molecule has 1 rings (SSSR count). The van der Waals surface area contributed by atoms with Gasteiger partial charge in [0.25, 0.3) is 0 Å². The van der Waals surface area contributed by atoms with Gasteiger partial charge in [0, 0.05) is 22.3 Å². The van der Waals surface area contributed by atoms with Gasteiger partial charge < -0.3 is 5.11 Å². The van der Waals surface area contributed by atoms with E-state index >= 15 is 0 Å². The van der Waals surface area contributed by atoms with Gasteiger partial charge in [-0.1, -0.05) is 15.9 Å². The molecule has 4 heteroatoms. The smallest absolute Gasteiger partial charge is 0.164 e. The fourth-order valence-corrected chi connectivity index (χ4v) is 1.85. The van der Waals surface area contributed by atoms with Crippen LogP contribution in [0.1, 0.15) is 22.3 Å². The van der Waals surface area contributed by atoms with Crippen LogP contribution in [-0.2, 0) is 6.61 Å². The van der Waals surface area contributed by atoms with E-state index in [-0.39, 0.29) is 12.4 Å². The van der Waals surface area contributed by atoms with E-state index in [1.54, 1.807) is 18.2 Å². The molecule has 14 heavy (non-hydrogen) atoms. The van der Waals surface area contributed by atoms with Gasteiger partial charge in [-0.15, -0.1) is 11.6 Å². The summed E-state index contributed by atoms with van der Waals surface area (Å²) in [6.07, 6.45) is 0.322. The molecule has 0 amide bonds. The van der Waals surface area contributed by atoms with Crippen molar-refractivity contribution in [3.8, 4) is 0 Å². The predicted molar refractivity (Wildman–Crippen MR) is 59.7 cm³/mol. The Labute approximate surface area is 96.0 Å². The van der Waals surface area contributed by atoms with Crippen molar-refractivity contribution in [1.29, 1.82) is 0 Å². The molecule has 2 nitrogen and oxygen atoms in total. The molecule has 1 aromatic carbocycles. The van der Waals surface area contributed by atoms with Crippen molar-refractivity contribution in [3.63, 3.8) is 0 Å². The van der Waals surface area contributed by atoms with Gasteiger partial charge in [-0.25, -0.2) is 0 Å². The van der Waals surface area contributed by atoms with Crippen LogP contribution in [0.3, 0.4) is 0 Å². The highest BCUT2D eigenvalue weighted by Crippen LogP contribution is 2.17. The molecule has 0 aliphatic carbocycles. The molecule has 0 aliphatic rings. The molecule has 0 radical (unpaired) electrons. The van der Waals surface area contributed by atoms with Crippen molar-refractivity contribution >= 4 is 33.3 Å². The minimum atomic E-state index is -0.0689. The monoisotopic (exact) mass is 276 g/mol. The van der Waals surface area contributed by atoms with Crippen LogP contribution in [-0.4, -0.2) is 16.8 Å². The molecule has 1 N–H and O–H groups in total. The van der Waals surface area contributed by atoms with Crippen LogP contribution >= 0.6 is 27.5 Å². The molecule has 1 aromatic rings. The maximum absolute atomic E-state index is 11.5. The lowest BCUT2D eigenvalue weighted by Gasteiger charge is -2.03. The van der Waals surface area contributed by atoms with E-state index in [9.17, 15) is 4.79 Å². The van der Waals surface area contributed by atoms with E-state index in [2.05, 4.69) is 15.9 Å². The average Bonchev–Trinajstić information content (AvgIpc) is 2.17. The second-order valence-electron chi connectivity index (χ2n) is 2.87. The minimum Gasteiger partial charge on any atom is -0.392 e. The molecule has 0 atom stereocenters. The van der Waals surface area contributed by atoms with Gasteiger partial charge in [-0.05, 0) is 23.8 Å². The van der Waals surface area contributed by atoms with Gasteiger partial charge in [-0.2, -0.15) is 0 Å². The van der Waals surface area contributed by atoms with E-state index < -0.39 is 0 Å². The first-order valence-corrected chi connectivity index (χ1v) is 5.49. The van der Waals surface area contributed by atoms with E-state index in [0.29, 0.717) is 17.9 Å². The Kier molecular flexibility index (Phi) is 4.58. The Hall–Kier alpha value is -0.380. The normalized spacial score (nSPS) is 10.2. The van der Waals surface area contributed by atoms with E-state index in [4.69, 9.17) is 16.7 Å². The number of aliphatic hydroxyl groups excluding tert-OH is 1. The summed E-state index contributed by atoms with van der Waals surface area (Å²) in [6.45, 7) is -0.0689. The number of benzene rings is 1. The molecule has 0 fully saturated rings. The van der Waals surface area contributed by atoms with Crippen LogP contribution < -0.4 is 0 Å². The molecule has 0 saturated carbocycles. The molecular weight excluding hydrogens is 267 g/mol. The van der Waals surface area contributed by atoms with Gasteiger partial charge in [-0.3, -0.25) is 4.79 Å². The summed E-state index contributed by atoms with van der Waals surface area (Å²) in [5.74, 6) is 0.316. The first-order valence-electron chi connectivity index (χ1n) is 4.17. The van der Waals surface area contributed by atoms with Gasteiger partial charge in [0.2, 0.25) is 0 Å². The standard InChI is InChI=1S/C10H10BrClO2/c11-9-4-7(6-13)3-8(5-9)10(14)1-2-12/h3-5,13H,1-2,6H2. The Morgan fingerprint density at radius 2 is 2.14 bits per heavy atom. The van der Waals surface area contributed by atoms with Crippen molar-refractivity contribution in [1.82, 2.24) is 0 Å². The number of hydrogen-bond donors (Lipinski definition) is 1. The lowest BCUT2D eigenvalue weighted by atomic mass is 10.1. The third kappa shape index (κ3) is 3.08. The number of aliphatic hydroxyl groups is 1. The van der Waals surface area contributed by atoms with Gasteiger partial charge in [0.05, 0.1) is 6.61 Å². The zero-order valence-electron chi connectivity index (χ0n) is 7.46. The molecule has 0 unspecified atom stereocenters. The minimum absolute atomic E-state index is 0.00370. The highest BCUT2D eigenvalue weighted by Gasteiger charge is 2.07. The maximum Gasteiger partial charge on any atom is 0.164 e. The van der Waals surface area contributed by atoms with E-state index in [1.807, 2.05) is 0 Å². The van der Waals surface area contributed by atoms with Crippen molar-refractivity contribution in [2.45, 2.75) is 13.0 Å². The van der Waals surface area contributed by atoms with Crippen LogP contribution in [0, 0.1) is 0 Å². The van der Waals surface area contributed by atoms with Gasteiger partial charge in [0.1, 0.15) is 0 Å². The van der Waals surface area contributed by atoms with Crippen molar-refractivity contribution in [2.75, 3.05) is 5.88 Å². The van der Waals surface area contributed by atoms with Gasteiger partial charge in [0.15, 0.2) is 5.78 Å². The molecule has 0 heterocycles. The summed E-state index contributed by atoms with van der Waals surface area (Å²) in [7, 11) is 0. The number of Topliss-reactive ketones (excluding diaryl/α,β-unsaturated/α-hetero) is 1. The van der Waals surface area contributed by atoms with Crippen LogP contribution in [0.2, 0.25) is 0 Å². The largest absolute Gasteiger partial charge is 0.392 e. The topological polar surface area (TPSA) is 37.3 Å². The van der Waals surface area contributed by atoms with Gasteiger partial charge >= 0.3 is 0 Å². The molecule has 0 aromatic heterocycles. The molecule has 0 aliphatic heterocycles. The van der Waals surface area contributed by atoms with Crippen molar-refractivity contribution in [2.24, 2.45) is 0 Å². The predicted octanol–water partition coefficient (Wildman–Crippen LogP) is 2.75. The lowest BCUT2D eigenvalue weighted by Crippen LogP contribution is -2.01. The number of ketones is 1. The molecule has 0 saturated heterocycles. The SMILES string of the molecule is O=C(CCCl)c1cc(Br)cc(CO)c1. The fourth-order valence-electron chi connectivity index (χ4n) is 1.13. The number of carbonyl (C=O) groups is 1. The highest BCUT2D eigenvalue weighted by molar-refractivity contribution is 9.10. The third-order valence-corrected chi connectivity index (χ3v) is 2.43. The Bertz CT molecular complexity index is 339. The zero-order valence-corrected chi connectivity index (χ0v) is 9.81. The summed E-state index contributed by atoms with van der Waals surface area (Å²) < 4.78 is 0.793. The molecule has 0 bridgehead atoms. The summed E-state index contributed by atoms with van der Waals surface area (Å²) in [4.78, 5) is 11.5. The second-order valence-corrected chi connectivity index (χ2v) is 4.16. The molecule has 76 valence electrons. The Balaban J connectivity index is 2.96. The third-order valence-electron chi connectivity index (χ3n) is 1.78. The van der Waals surface area contributed by atoms with Crippen molar-refractivity contribution in [3.05, 3.63) is 33.8 Å². The van der Waals surface area contributed by atoms with Crippen LogP contribution in [0.5, 0.6) is 0 Å². The van der Waals surface area contributed by atoms with E-state index in [1.165, 1.54) is 0 Å². The molecule has 0 spiro atoms. The average molecular weight is 278 g/mol. The van der Waals surface area contributed by atoms with Crippen molar-refractivity contribution < 1.29 is 9.90 Å². The van der Waals surface area contributed by atoms with E-state index in [0.717, 1.165) is 10.0 Å². The highest BCUT2D eigenvalue weighted by atomic mass is 79.9. The first kappa shape index (κ1) is 11.7. The number of rotatable bonds is 4. The summed E-state index contributed by atoms with van der Waals surface area (Å²) in [5.41, 5.74) is 1.31. The summed E-state index contributed by atoms with van der Waals surface area (Å²) in [6, 6.07) is 5.19. The maximum atomic E-state index is 11.5. The first-order chi connectivity index (χ1) is 6.67. The van der Waals surface area contributed by atoms with Crippen LogP contribution in [0.25, 0.3) is 0 Å². The zero-order chi connectivity index (χ0) is 10.6. The number of alkyl halides is 1. The Morgan fingerprint density at radius 3 is 2.71 bits per heavy atom. The summed E-state index contributed by atoms with van der Waals surface area (Å²) in [5, 5.41) is 8.94. The quantitative estimate of drug-likeness (QED) is 0.679. The fraction of sp³-hybridized carbons (Fsp3) is 0.300. The summed E-state index contributed by atoms with van der Waals surface area (Å²) >= 11 is 8.75. The number of halogens is 2.